The summed E-state index contributed by atoms with van der Waals surface area (Å²) in [4.78, 5) is 10.9. The van der Waals surface area contributed by atoms with Gasteiger partial charge in [0.2, 0.25) is 0 Å². The molecule has 2 aromatic rings. The van der Waals surface area contributed by atoms with Crippen LogP contribution in [0.25, 0.3) is 11.3 Å². The number of hydrogen-bond acceptors (Lipinski definition) is 3. The summed E-state index contributed by atoms with van der Waals surface area (Å²) in [5.41, 5.74) is 1.72. The third-order valence-electron chi connectivity index (χ3n) is 2.37. The second-order valence-electron chi connectivity index (χ2n) is 3.39. The summed E-state index contributed by atoms with van der Waals surface area (Å²) in [5.74, 6) is 0. The molecule has 17 heavy (non-hydrogen) atoms. The molecule has 4 nitrogen and oxygen atoms in total. The second kappa shape index (κ2) is 4.85. The molecule has 6 heteroatoms. The van der Waals surface area contributed by atoms with E-state index in [9.17, 15) is 4.79 Å². The van der Waals surface area contributed by atoms with E-state index >= 15 is 0 Å². The Kier molecular flexibility index (Phi) is 3.45. The highest BCUT2D eigenvalue weighted by atomic mass is 35.5. The first-order valence-electron chi connectivity index (χ1n) is 5.01. The largest absolute Gasteiger partial charge is 0.296 e. The highest BCUT2D eigenvalue weighted by Gasteiger charge is 2.14. The number of rotatable bonds is 3. The van der Waals surface area contributed by atoms with Gasteiger partial charge in [0, 0.05) is 12.1 Å². The van der Waals surface area contributed by atoms with Crippen LogP contribution in [0.1, 0.15) is 17.4 Å². The first kappa shape index (κ1) is 12.1. The standard InChI is InChI=1S/C11H9Cl2N3O/c1-2-16-11(10(6-17)14-15-16)7-3-4-8(12)9(13)5-7/h3-6H,2H2,1H3. The van der Waals surface area contributed by atoms with Crippen LogP contribution in [0.4, 0.5) is 0 Å². The van der Waals surface area contributed by atoms with Gasteiger partial charge >= 0.3 is 0 Å². The minimum Gasteiger partial charge on any atom is -0.296 e. The first-order chi connectivity index (χ1) is 8.17. The molecule has 0 saturated heterocycles. The van der Waals surface area contributed by atoms with E-state index in [0.29, 0.717) is 34.3 Å². The molecule has 0 aliphatic carbocycles. The lowest BCUT2D eigenvalue weighted by Gasteiger charge is -2.05. The van der Waals surface area contributed by atoms with Crippen molar-refractivity contribution in [3.8, 4) is 11.3 Å². The van der Waals surface area contributed by atoms with Gasteiger partial charge < -0.3 is 0 Å². The zero-order chi connectivity index (χ0) is 12.4. The highest BCUT2D eigenvalue weighted by molar-refractivity contribution is 6.42. The normalized spacial score (nSPS) is 10.5. The average molecular weight is 270 g/mol. The van der Waals surface area contributed by atoms with E-state index in [4.69, 9.17) is 23.2 Å². The molecule has 0 N–H and O–H groups in total. The predicted octanol–water partition coefficient (Wildman–Crippen LogP) is 3.08. The van der Waals surface area contributed by atoms with Crippen molar-refractivity contribution in [2.24, 2.45) is 0 Å². The van der Waals surface area contributed by atoms with Gasteiger partial charge in [0.05, 0.1) is 15.7 Å². The lowest BCUT2D eigenvalue weighted by atomic mass is 10.1. The van der Waals surface area contributed by atoms with E-state index in [1.165, 1.54) is 0 Å². The highest BCUT2D eigenvalue weighted by Crippen LogP contribution is 2.29. The molecular weight excluding hydrogens is 261 g/mol. The number of carbonyl (C=O) groups excluding carboxylic acids is 1. The summed E-state index contributed by atoms with van der Waals surface area (Å²) in [6.07, 6.45) is 0.678. The van der Waals surface area contributed by atoms with Crippen molar-refractivity contribution >= 4 is 29.5 Å². The van der Waals surface area contributed by atoms with Gasteiger partial charge in [-0.25, -0.2) is 4.68 Å². The molecule has 2 rings (SSSR count). The van der Waals surface area contributed by atoms with Gasteiger partial charge in [-0.1, -0.05) is 34.5 Å². The first-order valence-corrected chi connectivity index (χ1v) is 5.77. The molecular formula is C11H9Cl2N3O. The van der Waals surface area contributed by atoms with Gasteiger partial charge in [-0.15, -0.1) is 5.10 Å². The quantitative estimate of drug-likeness (QED) is 0.805. The number of hydrogen-bond donors (Lipinski definition) is 0. The van der Waals surface area contributed by atoms with Gasteiger partial charge in [0.1, 0.15) is 0 Å². The average Bonchev–Trinajstić information content (AvgIpc) is 2.75. The van der Waals surface area contributed by atoms with Crippen LogP contribution in [0.3, 0.4) is 0 Å². The van der Waals surface area contributed by atoms with Gasteiger partial charge in [-0.2, -0.15) is 0 Å². The van der Waals surface area contributed by atoms with Crippen LogP contribution in [0.5, 0.6) is 0 Å². The third kappa shape index (κ3) is 2.18. The lowest BCUT2D eigenvalue weighted by molar-refractivity contribution is 0.111. The van der Waals surface area contributed by atoms with Gasteiger partial charge in [-0.05, 0) is 19.1 Å². The molecule has 0 spiro atoms. The third-order valence-corrected chi connectivity index (χ3v) is 3.10. The van der Waals surface area contributed by atoms with Crippen molar-refractivity contribution in [3.63, 3.8) is 0 Å². The SMILES string of the molecule is CCn1nnc(C=O)c1-c1ccc(Cl)c(Cl)c1. The fraction of sp³-hybridized carbons (Fsp3) is 0.182. The molecule has 0 bridgehead atoms. The van der Waals surface area contributed by atoms with E-state index in [2.05, 4.69) is 10.3 Å². The molecule has 0 unspecified atom stereocenters. The number of nitrogens with zero attached hydrogens (tertiary/aromatic N) is 3. The number of halogens is 2. The van der Waals surface area contributed by atoms with Crippen molar-refractivity contribution in [1.29, 1.82) is 0 Å². The van der Waals surface area contributed by atoms with E-state index < -0.39 is 0 Å². The van der Waals surface area contributed by atoms with E-state index in [1.54, 1.807) is 22.9 Å². The maximum Gasteiger partial charge on any atom is 0.172 e. The number of carbonyl (C=O) groups is 1. The number of aldehydes is 1. The van der Waals surface area contributed by atoms with E-state index in [-0.39, 0.29) is 0 Å². The molecule has 1 aromatic heterocycles. The van der Waals surface area contributed by atoms with Crippen molar-refractivity contribution in [1.82, 2.24) is 15.0 Å². The van der Waals surface area contributed by atoms with Gasteiger partial charge in [-0.3, -0.25) is 4.79 Å². The zero-order valence-corrected chi connectivity index (χ0v) is 10.5. The Morgan fingerprint density at radius 1 is 1.35 bits per heavy atom. The minimum atomic E-state index is 0.297. The van der Waals surface area contributed by atoms with Crippen molar-refractivity contribution < 1.29 is 4.79 Å². The van der Waals surface area contributed by atoms with Crippen molar-refractivity contribution in [2.45, 2.75) is 13.5 Å². The van der Waals surface area contributed by atoms with Crippen LogP contribution >= 0.6 is 23.2 Å². The summed E-state index contributed by atoms with van der Waals surface area (Å²) >= 11 is 11.8. The fourth-order valence-corrected chi connectivity index (χ4v) is 1.87. The molecule has 0 aliphatic heterocycles. The van der Waals surface area contributed by atoms with Crippen LogP contribution in [-0.4, -0.2) is 21.3 Å². The summed E-state index contributed by atoms with van der Waals surface area (Å²) in [7, 11) is 0. The van der Waals surface area contributed by atoms with Crippen LogP contribution in [0.2, 0.25) is 10.0 Å². The molecule has 1 heterocycles. The Morgan fingerprint density at radius 2 is 2.12 bits per heavy atom. The Morgan fingerprint density at radius 3 is 2.71 bits per heavy atom. The lowest BCUT2D eigenvalue weighted by Crippen LogP contribution is -2.00. The smallest absolute Gasteiger partial charge is 0.172 e. The molecule has 0 aliphatic rings. The summed E-state index contributed by atoms with van der Waals surface area (Å²) in [5, 5.41) is 8.60. The maximum atomic E-state index is 10.9. The number of aromatic nitrogens is 3. The van der Waals surface area contributed by atoms with Gasteiger partial charge in [0.15, 0.2) is 12.0 Å². The Hall–Kier alpha value is -1.39. The molecule has 88 valence electrons. The molecule has 0 radical (unpaired) electrons. The van der Waals surface area contributed by atoms with Gasteiger partial charge in [0.25, 0.3) is 0 Å². The van der Waals surface area contributed by atoms with Crippen LogP contribution in [0.15, 0.2) is 18.2 Å². The molecule has 0 amide bonds. The van der Waals surface area contributed by atoms with Crippen LogP contribution in [-0.2, 0) is 6.54 Å². The van der Waals surface area contributed by atoms with E-state index in [1.807, 2.05) is 6.92 Å². The zero-order valence-electron chi connectivity index (χ0n) is 9.02. The topological polar surface area (TPSA) is 47.8 Å². The van der Waals surface area contributed by atoms with Crippen LogP contribution in [0, 0.1) is 0 Å². The summed E-state index contributed by atoms with van der Waals surface area (Å²) in [6, 6.07) is 5.16. The van der Waals surface area contributed by atoms with Crippen LogP contribution < -0.4 is 0 Å². The Balaban J connectivity index is 2.62. The molecule has 0 fully saturated rings. The Labute approximate surface area is 108 Å². The Bertz CT molecular complexity index is 566. The van der Waals surface area contributed by atoms with Crippen molar-refractivity contribution in [2.75, 3.05) is 0 Å². The predicted molar refractivity (Wildman–Crippen MR) is 66.5 cm³/mol. The van der Waals surface area contributed by atoms with Crippen molar-refractivity contribution in [3.05, 3.63) is 33.9 Å². The number of aryl methyl sites for hydroxylation is 1. The number of benzene rings is 1. The molecule has 1 aromatic carbocycles. The van der Waals surface area contributed by atoms with E-state index in [0.717, 1.165) is 5.56 Å². The minimum absolute atomic E-state index is 0.297. The molecule has 0 atom stereocenters. The summed E-state index contributed by atoms with van der Waals surface area (Å²) in [6.45, 7) is 2.54. The maximum absolute atomic E-state index is 10.9. The fourth-order valence-electron chi connectivity index (χ4n) is 1.57. The summed E-state index contributed by atoms with van der Waals surface area (Å²) < 4.78 is 1.64. The monoisotopic (exact) mass is 269 g/mol. The second-order valence-corrected chi connectivity index (χ2v) is 4.20. The molecule has 0 saturated carbocycles.